The largest absolute Gasteiger partial charge is 0.337 e. The molecule has 156 valence electrons. The van der Waals surface area contributed by atoms with Crippen LogP contribution in [0.25, 0.3) is 22.5 Å². The second-order valence-electron chi connectivity index (χ2n) is 6.97. The van der Waals surface area contributed by atoms with Gasteiger partial charge in [0.2, 0.25) is 16.0 Å². The Kier molecular flexibility index (Phi) is 5.44. The van der Waals surface area contributed by atoms with Crippen LogP contribution in [0, 0.1) is 11.6 Å². The molecule has 30 heavy (non-hydrogen) atoms. The summed E-state index contributed by atoms with van der Waals surface area (Å²) in [4.78, 5) is 6.51. The molecule has 1 fully saturated rings. The van der Waals surface area contributed by atoms with Gasteiger partial charge in [0.25, 0.3) is 0 Å². The number of hydrogen-bond donors (Lipinski definition) is 0. The minimum atomic E-state index is -3.25. The zero-order valence-electron chi connectivity index (χ0n) is 16.2. The van der Waals surface area contributed by atoms with Crippen molar-refractivity contribution >= 4 is 16.0 Å². The van der Waals surface area contributed by atoms with Gasteiger partial charge in [-0.3, -0.25) is 0 Å². The topological polar surface area (TPSA) is 79.3 Å². The summed E-state index contributed by atoms with van der Waals surface area (Å²) in [6.45, 7) is 1.50. The van der Waals surface area contributed by atoms with Crippen LogP contribution in [0.15, 0.2) is 48.5 Å². The van der Waals surface area contributed by atoms with Gasteiger partial charge in [0.15, 0.2) is 0 Å². The van der Waals surface area contributed by atoms with Crippen LogP contribution in [0.2, 0.25) is 0 Å². The predicted octanol–water partition coefficient (Wildman–Crippen LogP) is 2.57. The molecule has 1 aliphatic heterocycles. The van der Waals surface area contributed by atoms with Gasteiger partial charge in [-0.15, -0.1) is 10.2 Å². The standard InChI is InChI=1S/C20H19F2N5O2S/c1-30(28,29)27-12-10-26(11-13-27)20-23-18(14-2-6-16(21)7-3-14)19(24-25-20)15-4-8-17(22)9-5-15/h2-9H,10-13H2,1H3. The Morgan fingerprint density at radius 2 is 1.27 bits per heavy atom. The molecule has 2 aromatic carbocycles. The predicted molar refractivity (Wildman–Crippen MR) is 109 cm³/mol. The monoisotopic (exact) mass is 431 g/mol. The quantitative estimate of drug-likeness (QED) is 0.632. The SMILES string of the molecule is CS(=O)(=O)N1CCN(c2nnc(-c3ccc(F)cc3)c(-c3ccc(F)cc3)n2)CC1. The smallest absolute Gasteiger partial charge is 0.246 e. The number of nitrogens with zero attached hydrogens (tertiary/aromatic N) is 5. The van der Waals surface area contributed by atoms with Crippen LogP contribution in [0.3, 0.4) is 0 Å². The van der Waals surface area contributed by atoms with Crippen molar-refractivity contribution in [2.45, 2.75) is 0 Å². The van der Waals surface area contributed by atoms with Gasteiger partial charge in [-0.1, -0.05) is 0 Å². The number of aromatic nitrogens is 3. The summed E-state index contributed by atoms with van der Waals surface area (Å²) < 4.78 is 51.6. The fourth-order valence-corrected chi connectivity index (χ4v) is 4.11. The van der Waals surface area contributed by atoms with E-state index in [1.54, 1.807) is 24.3 Å². The molecular weight excluding hydrogens is 412 g/mol. The first-order valence-electron chi connectivity index (χ1n) is 9.28. The van der Waals surface area contributed by atoms with Crippen LogP contribution in [0.5, 0.6) is 0 Å². The van der Waals surface area contributed by atoms with Crippen molar-refractivity contribution in [1.82, 2.24) is 19.5 Å². The van der Waals surface area contributed by atoms with Gasteiger partial charge in [0.05, 0.1) is 6.26 Å². The second-order valence-corrected chi connectivity index (χ2v) is 8.95. The second kappa shape index (κ2) is 8.04. The van der Waals surface area contributed by atoms with Crippen LogP contribution in [-0.2, 0) is 10.0 Å². The maximum Gasteiger partial charge on any atom is 0.246 e. The van der Waals surface area contributed by atoms with Crippen LogP contribution in [-0.4, -0.2) is 60.3 Å². The number of rotatable bonds is 4. The van der Waals surface area contributed by atoms with Crippen molar-refractivity contribution in [3.8, 4) is 22.5 Å². The van der Waals surface area contributed by atoms with Crippen LogP contribution < -0.4 is 4.90 Å². The van der Waals surface area contributed by atoms with Crippen molar-refractivity contribution in [3.63, 3.8) is 0 Å². The molecule has 0 unspecified atom stereocenters. The van der Waals surface area contributed by atoms with E-state index < -0.39 is 10.0 Å². The Hall–Kier alpha value is -2.98. The van der Waals surface area contributed by atoms with Gasteiger partial charge in [-0.2, -0.15) is 4.31 Å². The molecule has 0 bridgehead atoms. The molecule has 0 aliphatic carbocycles. The Bertz CT molecular complexity index is 1150. The average Bonchev–Trinajstić information content (AvgIpc) is 2.74. The fraction of sp³-hybridized carbons (Fsp3) is 0.250. The van der Waals surface area contributed by atoms with Gasteiger partial charge in [0.1, 0.15) is 23.0 Å². The third-order valence-corrected chi connectivity index (χ3v) is 6.20. The molecule has 2 heterocycles. The molecule has 0 N–H and O–H groups in total. The zero-order valence-corrected chi connectivity index (χ0v) is 17.0. The Morgan fingerprint density at radius 3 is 1.77 bits per heavy atom. The molecule has 0 radical (unpaired) electrons. The van der Waals surface area contributed by atoms with Gasteiger partial charge < -0.3 is 4.90 Å². The van der Waals surface area contributed by atoms with E-state index in [-0.39, 0.29) is 11.6 Å². The molecule has 0 atom stereocenters. The molecule has 0 saturated carbocycles. The maximum absolute atomic E-state index is 13.4. The van der Waals surface area contributed by atoms with Crippen molar-refractivity contribution < 1.29 is 17.2 Å². The number of piperazine rings is 1. The molecule has 1 aliphatic rings. The van der Waals surface area contributed by atoms with Gasteiger partial charge >= 0.3 is 0 Å². The third kappa shape index (κ3) is 4.29. The number of anilines is 1. The van der Waals surface area contributed by atoms with E-state index in [2.05, 4.69) is 15.2 Å². The molecule has 3 aromatic rings. The van der Waals surface area contributed by atoms with Gasteiger partial charge in [-0.25, -0.2) is 22.2 Å². The van der Waals surface area contributed by atoms with Crippen LogP contribution >= 0.6 is 0 Å². The van der Waals surface area contributed by atoms with Crippen molar-refractivity contribution in [1.29, 1.82) is 0 Å². The lowest BCUT2D eigenvalue weighted by atomic mass is 10.0. The summed E-state index contributed by atoms with van der Waals surface area (Å²) in [6, 6.07) is 11.7. The molecule has 10 heteroatoms. The molecule has 1 saturated heterocycles. The lowest BCUT2D eigenvalue weighted by Crippen LogP contribution is -2.49. The van der Waals surface area contributed by atoms with E-state index in [9.17, 15) is 17.2 Å². The first-order valence-corrected chi connectivity index (χ1v) is 11.1. The lowest BCUT2D eigenvalue weighted by molar-refractivity contribution is 0.385. The van der Waals surface area contributed by atoms with Gasteiger partial charge in [0, 0.05) is 37.3 Å². The Labute approximate surface area is 173 Å². The van der Waals surface area contributed by atoms with Crippen molar-refractivity contribution in [2.24, 2.45) is 0 Å². The minimum Gasteiger partial charge on any atom is -0.337 e. The summed E-state index contributed by atoms with van der Waals surface area (Å²) in [7, 11) is -3.25. The summed E-state index contributed by atoms with van der Waals surface area (Å²) >= 11 is 0. The lowest BCUT2D eigenvalue weighted by Gasteiger charge is -2.33. The first kappa shape index (κ1) is 20.3. The van der Waals surface area contributed by atoms with E-state index in [0.29, 0.717) is 54.6 Å². The highest BCUT2D eigenvalue weighted by atomic mass is 32.2. The van der Waals surface area contributed by atoms with E-state index in [1.165, 1.54) is 34.8 Å². The first-order chi connectivity index (χ1) is 14.3. The Morgan fingerprint density at radius 1 is 0.767 bits per heavy atom. The summed E-state index contributed by atoms with van der Waals surface area (Å²) in [5.41, 5.74) is 2.20. The van der Waals surface area contributed by atoms with E-state index in [1.807, 2.05) is 4.90 Å². The number of hydrogen-bond acceptors (Lipinski definition) is 6. The maximum atomic E-state index is 13.4. The highest BCUT2D eigenvalue weighted by Gasteiger charge is 2.26. The van der Waals surface area contributed by atoms with Crippen LogP contribution in [0.4, 0.5) is 14.7 Å². The van der Waals surface area contributed by atoms with E-state index in [4.69, 9.17) is 0 Å². The molecule has 0 spiro atoms. The van der Waals surface area contributed by atoms with E-state index in [0.717, 1.165) is 0 Å². The zero-order chi connectivity index (χ0) is 21.3. The van der Waals surface area contributed by atoms with Gasteiger partial charge in [-0.05, 0) is 48.5 Å². The minimum absolute atomic E-state index is 0.327. The fourth-order valence-electron chi connectivity index (χ4n) is 3.28. The van der Waals surface area contributed by atoms with Crippen LogP contribution in [0.1, 0.15) is 0 Å². The Balaban J connectivity index is 1.71. The molecule has 0 amide bonds. The molecular formula is C20H19F2N5O2S. The van der Waals surface area contributed by atoms with Crippen molar-refractivity contribution in [3.05, 3.63) is 60.2 Å². The summed E-state index contributed by atoms with van der Waals surface area (Å²) in [5.74, 6) is -0.391. The molecule has 4 rings (SSSR count). The normalized spacial score (nSPS) is 15.4. The van der Waals surface area contributed by atoms with E-state index >= 15 is 0 Å². The highest BCUT2D eigenvalue weighted by Crippen LogP contribution is 2.30. The third-order valence-electron chi connectivity index (χ3n) is 4.90. The number of benzene rings is 2. The molecule has 7 nitrogen and oxygen atoms in total. The summed E-state index contributed by atoms with van der Waals surface area (Å²) in [6.07, 6.45) is 1.19. The number of halogens is 2. The highest BCUT2D eigenvalue weighted by molar-refractivity contribution is 7.88. The summed E-state index contributed by atoms with van der Waals surface area (Å²) in [5, 5.41) is 8.54. The van der Waals surface area contributed by atoms with Crippen molar-refractivity contribution in [2.75, 3.05) is 37.3 Å². The molecule has 1 aromatic heterocycles. The average molecular weight is 431 g/mol. The number of sulfonamides is 1.